The Morgan fingerprint density at radius 3 is 2.62 bits per heavy atom. The Balaban J connectivity index is 1.62. The highest BCUT2D eigenvalue weighted by Crippen LogP contribution is 2.26. The molecule has 128 valence electrons. The monoisotopic (exact) mass is 350 g/mol. The zero-order chi connectivity index (χ0) is 17.1. The number of morpholine rings is 1. The van der Waals surface area contributed by atoms with Gasteiger partial charge in [-0.1, -0.05) is 11.3 Å². The highest BCUT2D eigenvalue weighted by atomic mass is 32.1. The van der Waals surface area contributed by atoms with E-state index in [-0.39, 0.29) is 5.69 Å². The molecule has 2 aromatic rings. The smallest absolute Gasteiger partial charge is 0.290 e. The van der Waals surface area contributed by atoms with E-state index in [2.05, 4.69) is 30.9 Å². The van der Waals surface area contributed by atoms with Gasteiger partial charge in [-0.2, -0.15) is 5.10 Å². The van der Waals surface area contributed by atoms with E-state index in [1.54, 1.807) is 19.9 Å². The Bertz CT molecular complexity index is 750. The molecule has 3 N–H and O–H groups in total. The molecule has 1 aliphatic heterocycles. The van der Waals surface area contributed by atoms with E-state index < -0.39 is 11.8 Å². The number of H-pyrrole nitrogens is 1. The summed E-state index contributed by atoms with van der Waals surface area (Å²) < 4.78 is 5.31. The molecule has 0 aromatic carbocycles. The second-order valence-electron chi connectivity index (χ2n) is 5.35. The molecule has 2 aromatic heterocycles. The predicted molar refractivity (Wildman–Crippen MR) is 88.1 cm³/mol. The number of rotatable bonds is 3. The first-order valence-electron chi connectivity index (χ1n) is 7.47. The first kappa shape index (κ1) is 16.4. The van der Waals surface area contributed by atoms with Gasteiger partial charge >= 0.3 is 0 Å². The number of aromatic nitrogens is 3. The number of aromatic amines is 1. The van der Waals surface area contributed by atoms with Gasteiger partial charge < -0.3 is 9.64 Å². The fraction of sp³-hybridized carbons (Fsp3) is 0.429. The molecule has 3 rings (SSSR count). The molecule has 0 aliphatic carbocycles. The number of ether oxygens (including phenoxy) is 1. The zero-order valence-corrected chi connectivity index (χ0v) is 14.2. The van der Waals surface area contributed by atoms with E-state index in [0.29, 0.717) is 23.8 Å². The molecule has 1 saturated heterocycles. The Labute approximate surface area is 142 Å². The van der Waals surface area contributed by atoms with E-state index >= 15 is 0 Å². The van der Waals surface area contributed by atoms with Gasteiger partial charge in [0, 0.05) is 18.8 Å². The molecule has 0 saturated carbocycles. The summed E-state index contributed by atoms with van der Waals surface area (Å²) in [5.41, 5.74) is 6.35. The maximum atomic E-state index is 12.3. The molecule has 2 amide bonds. The summed E-state index contributed by atoms with van der Waals surface area (Å²) in [5.74, 6) is -0.881. The van der Waals surface area contributed by atoms with E-state index in [0.717, 1.165) is 23.9 Å². The molecule has 0 radical (unpaired) electrons. The Morgan fingerprint density at radius 2 is 1.96 bits per heavy atom. The van der Waals surface area contributed by atoms with E-state index in [9.17, 15) is 9.59 Å². The lowest BCUT2D eigenvalue weighted by Crippen LogP contribution is -2.41. The van der Waals surface area contributed by atoms with Crippen LogP contribution in [0.5, 0.6) is 0 Å². The van der Waals surface area contributed by atoms with Gasteiger partial charge in [-0.25, -0.2) is 4.98 Å². The molecule has 1 aliphatic rings. The first-order valence-corrected chi connectivity index (χ1v) is 8.29. The van der Waals surface area contributed by atoms with Crippen molar-refractivity contribution in [1.82, 2.24) is 26.0 Å². The number of nitrogens with zero attached hydrogens (tertiary/aromatic N) is 3. The second kappa shape index (κ2) is 6.97. The predicted octanol–water partition coefficient (Wildman–Crippen LogP) is 0.394. The zero-order valence-electron chi connectivity index (χ0n) is 13.4. The summed E-state index contributed by atoms with van der Waals surface area (Å²) in [6.07, 6.45) is 0. The quantitative estimate of drug-likeness (QED) is 0.691. The van der Waals surface area contributed by atoms with Crippen LogP contribution in [0.2, 0.25) is 0 Å². The van der Waals surface area contributed by atoms with Gasteiger partial charge in [-0.15, -0.1) is 0 Å². The number of carbonyl (C=O) groups is 2. The molecule has 24 heavy (non-hydrogen) atoms. The lowest BCUT2D eigenvalue weighted by atomic mass is 10.3. The molecule has 3 heterocycles. The van der Waals surface area contributed by atoms with Crippen molar-refractivity contribution in [2.24, 2.45) is 0 Å². The Morgan fingerprint density at radius 1 is 1.25 bits per heavy atom. The van der Waals surface area contributed by atoms with Crippen LogP contribution in [-0.2, 0) is 4.74 Å². The first-order chi connectivity index (χ1) is 11.5. The summed E-state index contributed by atoms with van der Waals surface area (Å²) in [5, 5.41) is 7.29. The van der Waals surface area contributed by atoms with Crippen LogP contribution in [0.15, 0.2) is 6.07 Å². The second-order valence-corrected chi connectivity index (χ2v) is 6.33. The van der Waals surface area contributed by atoms with Gasteiger partial charge in [0.1, 0.15) is 4.88 Å². The average molecular weight is 350 g/mol. The lowest BCUT2D eigenvalue weighted by molar-refractivity contribution is 0.0845. The van der Waals surface area contributed by atoms with Crippen LogP contribution in [0.1, 0.15) is 31.5 Å². The molecule has 9 nitrogen and oxygen atoms in total. The maximum absolute atomic E-state index is 12.3. The topological polar surface area (TPSA) is 112 Å². The third-order valence-electron chi connectivity index (χ3n) is 3.50. The van der Waals surface area contributed by atoms with Crippen LogP contribution in [-0.4, -0.2) is 53.3 Å². The average Bonchev–Trinajstić information content (AvgIpc) is 3.19. The number of nitrogens with one attached hydrogen (secondary N) is 3. The van der Waals surface area contributed by atoms with Gasteiger partial charge in [-0.05, 0) is 19.9 Å². The van der Waals surface area contributed by atoms with Crippen LogP contribution in [0.4, 0.5) is 5.13 Å². The summed E-state index contributed by atoms with van der Waals surface area (Å²) in [6, 6.07) is 1.59. The van der Waals surface area contributed by atoms with Crippen molar-refractivity contribution in [3.8, 4) is 0 Å². The van der Waals surface area contributed by atoms with Crippen molar-refractivity contribution in [2.75, 3.05) is 31.2 Å². The van der Waals surface area contributed by atoms with Crippen LogP contribution >= 0.6 is 11.3 Å². The number of aryl methyl sites for hydroxylation is 2. The SMILES string of the molecule is Cc1cc(C(=O)NNC(=O)c2sc(N3CCOCC3)nc2C)n[nH]1. The highest BCUT2D eigenvalue weighted by molar-refractivity contribution is 7.17. The minimum Gasteiger partial charge on any atom is -0.378 e. The van der Waals surface area contributed by atoms with E-state index in [1.807, 2.05) is 0 Å². The van der Waals surface area contributed by atoms with Gasteiger partial charge in [0.05, 0.1) is 18.9 Å². The van der Waals surface area contributed by atoms with Crippen LogP contribution in [0.3, 0.4) is 0 Å². The summed E-state index contributed by atoms with van der Waals surface area (Å²) in [4.78, 5) is 31.2. The molecule has 1 fully saturated rings. The summed E-state index contributed by atoms with van der Waals surface area (Å²) >= 11 is 1.30. The molecular formula is C14H18N6O3S. The molecule has 0 bridgehead atoms. The van der Waals surface area contributed by atoms with Crippen LogP contribution < -0.4 is 15.8 Å². The van der Waals surface area contributed by atoms with Crippen LogP contribution in [0, 0.1) is 13.8 Å². The minimum atomic E-state index is -0.483. The van der Waals surface area contributed by atoms with Crippen molar-refractivity contribution in [3.05, 3.63) is 28.0 Å². The number of hydrogen-bond acceptors (Lipinski definition) is 7. The van der Waals surface area contributed by atoms with Crippen LogP contribution in [0.25, 0.3) is 0 Å². The highest BCUT2D eigenvalue weighted by Gasteiger charge is 2.21. The number of hydrogen-bond donors (Lipinski definition) is 3. The number of thiazole rings is 1. The Kier molecular flexibility index (Phi) is 4.76. The molecule has 0 spiro atoms. The van der Waals surface area contributed by atoms with Crippen molar-refractivity contribution in [1.29, 1.82) is 0 Å². The van der Waals surface area contributed by atoms with Crippen molar-refractivity contribution in [2.45, 2.75) is 13.8 Å². The van der Waals surface area contributed by atoms with Gasteiger partial charge in [0.2, 0.25) is 0 Å². The number of carbonyl (C=O) groups excluding carboxylic acids is 2. The fourth-order valence-electron chi connectivity index (χ4n) is 2.25. The summed E-state index contributed by atoms with van der Waals surface area (Å²) in [6.45, 7) is 6.37. The normalized spacial score (nSPS) is 14.5. The van der Waals surface area contributed by atoms with Crippen molar-refractivity contribution in [3.63, 3.8) is 0 Å². The Hall–Kier alpha value is -2.46. The molecule has 0 unspecified atom stereocenters. The minimum absolute atomic E-state index is 0.211. The van der Waals surface area contributed by atoms with E-state index in [1.165, 1.54) is 11.3 Å². The molecule has 10 heteroatoms. The fourth-order valence-corrected chi connectivity index (χ4v) is 3.27. The van der Waals surface area contributed by atoms with Crippen molar-refractivity contribution >= 4 is 28.3 Å². The largest absolute Gasteiger partial charge is 0.378 e. The lowest BCUT2D eigenvalue weighted by Gasteiger charge is -2.25. The standard InChI is InChI=1S/C14H18N6O3S/c1-8-7-10(17-16-8)12(21)18-19-13(22)11-9(2)15-14(24-11)20-3-5-23-6-4-20/h7H,3-6H2,1-2H3,(H,16,17)(H,18,21)(H,19,22). The third kappa shape index (κ3) is 3.54. The van der Waals surface area contributed by atoms with Gasteiger partial charge in [-0.3, -0.25) is 25.5 Å². The molecule has 0 atom stereocenters. The summed E-state index contributed by atoms with van der Waals surface area (Å²) in [7, 11) is 0. The number of hydrazine groups is 1. The molecular weight excluding hydrogens is 332 g/mol. The van der Waals surface area contributed by atoms with Gasteiger partial charge in [0.25, 0.3) is 11.8 Å². The van der Waals surface area contributed by atoms with Crippen molar-refractivity contribution < 1.29 is 14.3 Å². The van der Waals surface area contributed by atoms with Gasteiger partial charge in [0.15, 0.2) is 10.8 Å². The maximum Gasteiger partial charge on any atom is 0.290 e. The third-order valence-corrected chi connectivity index (χ3v) is 4.72. The van der Waals surface area contributed by atoms with E-state index in [4.69, 9.17) is 4.74 Å². The number of anilines is 1. The number of amides is 2.